The number of aryl methyl sites for hydroxylation is 1. The van der Waals surface area contributed by atoms with E-state index in [-0.39, 0.29) is 6.61 Å². The van der Waals surface area contributed by atoms with E-state index in [1.807, 2.05) is 6.92 Å². The Morgan fingerprint density at radius 1 is 1.40 bits per heavy atom. The summed E-state index contributed by atoms with van der Waals surface area (Å²) in [5.74, 6) is 2.00. The molecule has 1 aromatic heterocycles. The standard InChI is InChI=1S/C10H17N3O2/c1-8-12-9(7-10(13-8)15-2)11-5-3-4-6-14/h7,14H,3-6H2,1-2H3,(H,11,12,13). The highest BCUT2D eigenvalue weighted by molar-refractivity contribution is 5.38. The number of anilines is 1. The van der Waals surface area contributed by atoms with Gasteiger partial charge in [-0.15, -0.1) is 0 Å². The van der Waals surface area contributed by atoms with Gasteiger partial charge < -0.3 is 15.2 Å². The van der Waals surface area contributed by atoms with E-state index in [9.17, 15) is 0 Å². The van der Waals surface area contributed by atoms with Crippen LogP contribution in [0.1, 0.15) is 18.7 Å². The minimum atomic E-state index is 0.230. The number of ether oxygens (including phenoxy) is 1. The van der Waals surface area contributed by atoms with E-state index in [1.165, 1.54) is 0 Å². The van der Waals surface area contributed by atoms with Gasteiger partial charge in [0.15, 0.2) is 0 Å². The first kappa shape index (κ1) is 11.7. The molecule has 0 aliphatic rings. The molecule has 0 saturated carbocycles. The molecule has 1 heterocycles. The summed E-state index contributed by atoms with van der Waals surface area (Å²) in [6, 6.07) is 1.76. The molecule has 1 rings (SSSR count). The van der Waals surface area contributed by atoms with Crippen LogP contribution in [0.2, 0.25) is 0 Å². The number of hydrogen-bond acceptors (Lipinski definition) is 5. The number of hydrogen-bond donors (Lipinski definition) is 2. The Kier molecular flexibility index (Phi) is 4.83. The zero-order valence-corrected chi connectivity index (χ0v) is 9.16. The van der Waals surface area contributed by atoms with Crippen LogP contribution in [0.3, 0.4) is 0 Å². The normalized spacial score (nSPS) is 10.1. The van der Waals surface area contributed by atoms with Crippen LogP contribution >= 0.6 is 0 Å². The minimum Gasteiger partial charge on any atom is -0.481 e. The lowest BCUT2D eigenvalue weighted by atomic mass is 10.3. The van der Waals surface area contributed by atoms with E-state index in [0.29, 0.717) is 11.7 Å². The van der Waals surface area contributed by atoms with Crippen molar-refractivity contribution in [3.63, 3.8) is 0 Å². The number of aliphatic hydroxyl groups excluding tert-OH is 1. The summed E-state index contributed by atoms with van der Waals surface area (Å²) < 4.78 is 5.03. The largest absolute Gasteiger partial charge is 0.481 e. The second-order valence-electron chi connectivity index (χ2n) is 3.20. The monoisotopic (exact) mass is 211 g/mol. The number of aliphatic hydroxyl groups is 1. The van der Waals surface area contributed by atoms with Crippen molar-refractivity contribution in [1.82, 2.24) is 9.97 Å². The lowest BCUT2D eigenvalue weighted by molar-refractivity contribution is 0.286. The van der Waals surface area contributed by atoms with Crippen molar-refractivity contribution in [3.05, 3.63) is 11.9 Å². The van der Waals surface area contributed by atoms with Gasteiger partial charge in [-0.3, -0.25) is 0 Å². The molecular weight excluding hydrogens is 194 g/mol. The predicted molar refractivity (Wildman–Crippen MR) is 58.1 cm³/mol. The second-order valence-corrected chi connectivity index (χ2v) is 3.20. The first-order valence-electron chi connectivity index (χ1n) is 5.00. The van der Waals surface area contributed by atoms with Gasteiger partial charge in [-0.25, -0.2) is 4.98 Å². The van der Waals surface area contributed by atoms with Crippen molar-refractivity contribution in [2.45, 2.75) is 19.8 Å². The molecule has 0 spiro atoms. The molecule has 0 unspecified atom stereocenters. The maximum absolute atomic E-state index is 8.62. The SMILES string of the molecule is COc1cc(NCCCCO)nc(C)n1. The Hall–Kier alpha value is -1.36. The van der Waals surface area contributed by atoms with E-state index < -0.39 is 0 Å². The van der Waals surface area contributed by atoms with E-state index in [2.05, 4.69) is 15.3 Å². The number of nitrogens with one attached hydrogen (secondary N) is 1. The highest BCUT2D eigenvalue weighted by atomic mass is 16.5. The fraction of sp³-hybridized carbons (Fsp3) is 0.600. The first-order valence-corrected chi connectivity index (χ1v) is 5.00. The molecule has 15 heavy (non-hydrogen) atoms. The van der Waals surface area contributed by atoms with Crippen LogP contribution in [0.15, 0.2) is 6.07 Å². The zero-order valence-electron chi connectivity index (χ0n) is 9.16. The topological polar surface area (TPSA) is 67.3 Å². The Labute approximate surface area is 89.5 Å². The van der Waals surface area contributed by atoms with Crippen LogP contribution in [0.25, 0.3) is 0 Å². The van der Waals surface area contributed by atoms with Crippen molar-refractivity contribution < 1.29 is 9.84 Å². The van der Waals surface area contributed by atoms with Crippen LogP contribution < -0.4 is 10.1 Å². The van der Waals surface area contributed by atoms with Crippen LogP contribution in [-0.4, -0.2) is 35.3 Å². The van der Waals surface area contributed by atoms with Crippen molar-refractivity contribution in [2.24, 2.45) is 0 Å². The smallest absolute Gasteiger partial charge is 0.218 e. The first-order chi connectivity index (χ1) is 7.26. The molecule has 0 aromatic carbocycles. The van der Waals surface area contributed by atoms with Gasteiger partial charge in [-0.1, -0.05) is 0 Å². The van der Waals surface area contributed by atoms with Crippen molar-refractivity contribution >= 4 is 5.82 Å². The van der Waals surface area contributed by atoms with Gasteiger partial charge in [0, 0.05) is 19.2 Å². The summed E-state index contributed by atoms with van der Waals surface area (Å²) >= 11 is 0. The molecular formula is C10H17N3O2. The highest BCUT2D eigenvalue weighted by Gasteiger charge is 2.00. The van der Waals surface area contributed by atoms with Gasteiger partial charge in [-0.05, 0) is 19.8 Å². The molecule has 5 nitrogen and oxygen atoms in total. The van der Waals surface area contributed by atoms with Gasteiger partial charge in [-0.2, -0.15) is 4.98 Å². The number of rotatable bonds is 6. The summed E-state index contributed by atoms with van der Waals surface area (Å²) in [5, 5.41) is 11.8. The van der Waals surface area contributed by atoms with E-state index in [4.69, 9.17) is 9.84 Å². The fourth-order valence-corrected chi connectivity index (χ4v) is 1.19. The molecule has 1 aromatic rings. The van der Waals surface area contributed by atoms with Crippen LogP contribution in [0.5, 0.6) is 5.88 Å². The van der Waals surface area contributed by atoms with Gasteiger partial charge in [0.25, 0.3) is 0 Å². The molecule has 84 valence electrons. The second kappa shape index (κ2) is 6.19. The molecule has 0 bridgehead atoms. The Morgan fingerprint density at radius 3 is 2.87 bits per heavy atom. The maximum Gasteiger partial charge on any atom is 0.218 e. The zero-order chi connectivity index (χ0) is 11.1. The average Bonchev–Trinajstić information content (AvgIpc) is 2.23. The quantitative estimate of drug-likeness (QED) is 0.686. The Balaban J connectivity index is 2.49. The third kappa shape index (κ3) is 4.12. The molecule has 0 radical (unpaired) electrons. The van der Waals surface area contributed by atoms with E-state index in [0.717, 1.165) is 25.2 Å². The van der Waals surface area contributed by atoms with Crippen LogP contribution in [0, 0.1) is 6.92 Å². The number of unbranched alkanes of at least 4 members (excludes halogenated alkanes) is 1. The highest BCUT2D eigenvalue weighted by Crippen LogP contribution is 2.12. The Morgan fingerprint density at radius 2 is 2.20 bits per heavy atom. The predicted octanol–water partition coefficient (Wildman–Crippen LogP) is 0.978. The summed E-state index contributed by atoms with van der Waals surface area (Å²) in [7, 11) is 1.58. The summed E-state index contributed by atoms with van der Waals surface area (Å²) in [4.78, 5) is 8.30. The molecule has 0 aliphatic carbocycles. The van der Waals surface area contributed by atoms with Crippen molar-refractivity contribution in [1.29, 1.82) is 0 Å². The molecule has 0 aliphatic heterocycles. The summed E-state index contributed by atoms with van der Waals surface area (Å²) in [6.45, 7) is 2.84. The molecule has 0 fully saturated rings. The van der Waals surface area contributed by atoms with Crippen LogP contribution in [-0.2, 0) is 0 Å². The third-order valence-electron chi connectivity index (χ3n) is 1.91. The number of nitrogens with zero attached hydrogens (tertiary/aromatic N) is 2. The number of aromatic nitrogens is 2. The van der Waals surface area contributed by atoms with Crippen molar-refractivity contribution in [2.75, 3.05) is 25.6 Å². The summed E-state index contributed by atoms with van der Waals surface area (Å²) in [5.41, 5.74) is 0. The van der Waals surface area contributed by atoms with Crippen LogP contribution in [0.4, 0.5) is 5.82 Å². The van der Waals surface area contributed by atoms with E-state index >= 15 is 0 Å². The molecule has 5 heteroatoms. The number of methoxy groups -OCH3 is 1. The summed E-state index contributed by atoms with van der Waals surface area (Å²) in [6.07, 6.45) is 1.72. The van der Waals surface area contributed by atoms with Gasteiger partial charge >= 0.3 is 0 Å². The third-order valence-corrected chi connectivity index (χ3v) is 1.91. The van der Waals surface area contributed by atoms with Crippen molar-refractivity contribution in [3.8, 4) is 5.88 Å². The minimum absolute atomic E-state index is 0.230. The molecule has 0 saturated heterocycles. The van der Waals surface area contributed by atoms with Gasteiger partial charge in [0.2, 0.25) is 5.88 Å². The average molecular weight is 211 g/mol. The Bertz CT molecular complexity index is 305. The molecule has 2 N–H and O–H groups in total. The van der Waals surface area contributed by atoms with Gasteiger partial charge in [0.05, 0.1) is 7.11 Å². The molecule has 0 amide bonds. The fourth-order valence-electron chi connectivity index (χ4n) is 1.19. The lowest BCUT2D eigenvalue weighted by Gasteiger charge is -2.07. The van der Waals surface area contributed by atoms with E-state index in [1.54, 1.807) is 13.2 Å². The maximum atomic E-state index is 8.62. The van der Waals surface area contributed by atoms with Gasteiger partial charge in [0.1, 0.15) is 11.6 Å². The lowest BCUT2D eigenvalue weighted by Crippen LogP contribution is -2.06. The molecule has 0 atom stereocenters.